The summed E-state index contributed by atoms with van der Waals surface area (Å²) in [6.45, 7) is 6.18. The minimum absolute atomic E-state index is 0.0329. The summed E-state index contributed by atoms with van der Waals surface area (Å²) in [5.74, 6) is 0.583. The summed E-state index contributed by atoms with van der Waals surface area (Å²) >= 11 is 1.30. The van der Waals surface area contributed by atoms with Crippen LogP contribution in [0.25, 0.3) is 0 Å². The molecule has 3 aromatic rings. The van der Waals surface area contributed by atoms with Crippen molar-refractivity contribution in [2.75, 3.05) is 11.9 Å². The Hall–Kier alpha value is -2.86. The number of fused-ring (bicyclic) bond motifs is 1. The van der Waals surface area contributed by atoms with Crippen LogP contribution in [-0.4, -0.2) is 28.3 Å². The van der Waals surface area contributed by atoms with Gasteiger partial charge in [0, 0.05) is 29.9 Å². The average Bonchev–Trinajstić information content (AvgIpc) is 3.25. The molecule has 0 saturated carbocycles. The molecule has 5 nitrogen and oxygen atoms in total. The topological polar surface area (TPSA) is 59.2 Å². The highest BCUT2D eigenvalue weighted by atomic mass is 32.2. The first kappa shape index (κ1) is 20.4. The number of benzene rings is 2. The van der Waals surface area contributed by atoms with E-state index in [1.807, 2.05) is 56.4 Å². The van der Waals surface area contributed by atoms with Crippen molar-refractivity contribution in [3.63, 3.8) is 0 Å². The molecular weight excluding hydrogens is 394 g/mol. The normalized spacial score (nSPS) is 17.2. The van der Waals surface area contributed by atoms with Crippen LogP contribution in [0.15, 0.2) is 76.0 Å². The van der Waals surface area contributed by atoms with Gasteiger partial charge in [0.15, 0.2) is 5.78 Å². The van der Waals surface area contributed by atoms with Crippen LogP contribution < -0.4 is 4.90 Å². The quantitative estimate of drug-likeness (QED) is 0.413. The van der Waals surface area contributed by atoms with E-state index in [9.17, 15) is 4.79 Å². The second-order valence-electron chi connectivity index (χ2n) is 8.02. The van der Waals surface area contributed by atoms with Crippen LogP contribution in [0, 0.1) is 0 Å². The maximum atomic E-state index is 13.0. The summed E-state index contributed by atoms with van der Waals surface area (Å²) in [4.78, 5) is 15.1. The Morgan fingerprint density at radius 2 is 1.83 bits per heavy atom. The summed E-state index contributed by atoms with van der Waals surface area (Å²) in [7, 11) is 2.01. The van der Waals surface area contributed by atoms with Crippen LogP contribution in [0.2, 0.25) is 0 Å². The van der Waals surface area contributed by atoms with Crippen molar-refractivity contribution in [2.45, 2.75) is 43.1 Å². The Morgan fingerprint density at radius 3 is 2.57 bits per heavy atom. The van der Waals surface area contributed by atoms with Crippen molar-refractivity contribution in [3.05, 3.63) is 83.4 Å². The highest BCUT2D eigenvalue weighted by molar-refractivity contribution is 8.00. The molecule has 0 spiro atoms. The molecule has 1 atom stereocenters. The molecule has 0 bridgehead atoms. The second kappa shape index (κ2) is 8.11. The van der Waals surface area contributed by atoms with Gasteiger partial charge in [-0.15, -0.1) is 10.2 Å². The lowest BCUT2D eigenvalue weighted by Gasteiger charge is -2.24. The molecule has 0 amide bonds. The van der Waals surface area contributed by atoms with Gasteiger partial charge in [0.1, 0.15) is 0 Å². The van der Waals surface area contributed by atoms with Crippen molar-refractivity contribution in [2.24, 2.45) is 0 Å². The van der Waals surface area contributed by atoms with Gasteiger partial charge in [-0.1, -0.05) is 74.1 Å². The number of thioether (sulfide) groups is 1. The Kier molecular flexibility index (Phi) is 5.52. The van der Waals surface area contributed by atoms with E-state index < -0.39 is 0 Å². The zero-order valence-corrected chi connectivity index (χ0v) is 18.4. The summed E-state index contributed by atoms with van der Waals surface area (Å²) in [6, 6.07) is 18.3. The van der Waals surface area contributed by atoms with E-state index >= 15 is 0 Å². The standard InChI is InChI=1S/C24H25N3O2S/c1-16(30-23-26-25-22(29-23)14-17-10-6-5-7-11-17)20(28)15-21-24(2,3)18-12-8-9-13-19(18)27(21)4/h5-13,15-16H,14H2,1-4H3/b21-15+. The monoisotopic (exact) mass is 419 g/mol. The summed E-state index contributed by atoms with van der Waals surface area (Å²) in [6.07, 6.45) is 2.34. The molecule has 1 aliphatic heterocycles. The molecule has 2 aromatic carbocycles. The third kappa shape index (κ3) is 3.92. The van der Waals surface area contributed by atoms with Crippen LogP contribution in [0.4, 0.5) is 5.69 Å². The van der Waals surface area contributed by atoms with E-state index in [0.717, 1.165) is 16.9 Å². The van der Waals surface area contributed by atoms with Crippen molar-refractivity contribution >= 4 is 23.2 Å². The molecule has 0 N–H and O–H groups in total. The molecule has 0 fully saturated rings. The summed E-state index contributed by atoms with van der Waals surface area (Å²) < 4.78 is 5.75. The second-order valence-corrected chi connectivity index (χ2v) is 9.31. The average molecular weight is 420 g/mol. The maximum absolute atomic E-state index is 13.0. The number of ketones is 1. The Bertz CT molecular complexity index is 1090. The SMILES string of the molecule is CC(Sc1nnc(Cc2ccccc2)o1)C(=O)/C=C1/N(C)c2ccccc2C1(C)C. The number of nitrogens with zero attached hydrogens (tertiary/aromatic N) is 3. The predicted molar refractivity (Wildman–Crippen MR) is 120 cm³/mol. The molecule has 0 radical (unpaired) electrons. The van der Waals surface area contributed by atoms with Crippen LogP contribution in [-0.2, 0) is 16.6 Å². The van der Waals surface area contributed by atoms with Crippen LogP contribution in [0.3, 0.4) is 0 Å². The Balaban J connectivity index is 1.46. The molecule has 0 saturated heterocycles. The molecule has 2 heterocycles. The van der Waals surface area contributed by atoms with Gasteiger partial charge in [-0.25, -0.2) is 0 Å². The number of hydrogen-bond donors (Lipinski definition) is 0. The van der Waals surface area contributed by atoms with Gasteiger partial charge >= 0.3 is 0 Å². The van der Waals surface area contributed by atoms with Crippen molar-refractivity contribution in [1.29, 1.82) is 0 Å². The largest absolute Gasteiger partial charge is 0.416 e. The first-order valence-electron chi connectivity index (χ1n) is 9.98. The number of hydrogen-bond acceptors (Lipinski definition) is 6. The maximum Gasteiger partial charge on any atom is 0.277 e. The predicted octanol–water partition coefficient (Wildman–Crippen LogP) is 5.02. The lowest BCUT2D eigenvalue weighted by atomic mass is 9.83. The molecule has 1 unspecified atom stereocenters. The number of para-hydroxylation sites is 1. The fraction of sp³-hybridized carbons (Fsp3) is 0.292. The number of carbonyl (C=O) groups excluding carboxylic acids is 1. The first-order valence-corrected chi connectivity index (χ1v) is 10.9. The van der Waals surface area contributed by atoms with Gasteiger partial charge in [-0.3, -0.25) is 4.79 Å². The lowest BCUT2D eigenvalue weighted by molar-refractivity contribution is -0.114. The van der Waals surface area contributed by atoms with Gasteiger partial charge in [0.2, 0.25) is 5.89 Å². The number of anilines is 1. The summed E-state index contributed by atoms with van der Waals surface area (Å²) in [5.41, 5.74) is 4.26. The molecular formula is C24H25N3O2S. The number of carbonyl (C=O) groups is 1. The summed E-state index contributed by atoms with van der Waals surface area (Å²) in [5, 5.41) is 8.32. The van der Waals surface area contributed by atoms with E-state index in [1.54, 1.807) is 6.08 Å². The highest BCUT2D eigenvalue weighted by Crippen LogP contribution is 2.46. The Morgan fingerprint density at radius 1 is 1.13 bits per heavy atom. The number of aromatic nitrogens is 2. The fourth-order valence-electron chi connectivity index (χ4n) is 3.85. The van der Waals surface area contributed by atoms with Crippen molar-refractivity contribution in [3.8, 4) is 0 Å². The molecule has 1 aliphatic rings. The minimum atomic E-state index is -0.324. The molecule has 6 heteroatoms. The zero-order chi connectivity index (χ0) is 21.3. The molecule has 0 aliphatic carbocycles. The van der Waals surface area contributed by atoms with E-state index in [0.29, 0.717) is 17.5 Å². The van der Waals surface area contributed by atoms with Crippen molar-refractivity contribution < 1.29 is 9.21 Å². The molecule has 1 aromatic heterocycles. The van der Waals surface area contributed by atoms with Gasteiger partial charge in [-0.2, -0.15) is 0 Å². The van der Waals surface area contributed by atoms with Gasteiger partial charge in [0.05, 0.1) is 11.7 Å². The molecule has 30 heavy (non-hydrogen) atoms. The zero-order valence-electron chi connectivity index (χ0n) is 17.6. The number of allylic oxidation sites excluding steroid dienone is 2. The van der Waals surface area contributed by atoms with E-state index in [4.69, 9.17) is 4.42 Å². The third-order valence-corrected chi connectivity index (χ3v) is 6.50. The lowest BCUT2D eigenvalue weighted by Crippen LogP contribution is -2.25. The van der Waals surface area contributed by atoms with Gasteiger partial charge < -0.3 is 9.32 Å². The van der Waals surface area contributed by atoms with E-state index in [-0.39, 0.29) is 16.4 Å². The van der Waals surface area contributed by atoms with Crippen LogP contribution in [0.1, 0.15) is 37.8 Å². The smallest absolute Gasteiger partial charge is 0.277 e. The number of rotatable bonds is 6. The van der Waals surface area contributed by atoms with Gasteiger partial charge in [0.25, 0.3) is 5.22 Å². The Labute approximate surface area is 181 Å². The number of likely N-dealkylation sites (N-methyl/N-ethyl adjacent to an activating group) is 1. The fourth-order valence-corrected chi connectivity index (χ4v) is 4.57. The van der Waals surface area contributed by atoms with Crippen LogP contribution >= 0.6 is 11.8 Å². The van der Waals surface area contributed by atoms with Crippen molar-refractivity contribution in [1.82, 2.24) is 10.2 Å². The van der Waals surface area contributed by atoms with Crippen LogP contribution in [0.5, 0.6) is 0 Å². The third-order valence-electron chi connectivity index (χ3n) is 5.54. The first-order chi connectivity index (χ1) is 14.4. The molecule has 4 rings (SSSR count). The van der Waals surface area contributed by atoms with E-state index in [1.165, 1.54) is 17.3 Å². The van der Waals surface area contributed by atoms with Gasteiger partial charge in [-0.05, 0) is 24.1 Å². The minimum Gasteiger partial charge on any atom is -0.416 e. The highest BCUT2D eigenvalue weighted by Gasteiger charge is 2.38. The molecule has 154 valence electrons. The van der Waals surface area contributed by atoms with E-state index in [2.05, 4.69) is 41.1 Å².